The van der Waals surface area contributed by atoms with Crippen molar-refractivity contribution in [2.45, 2.75) is 52.2 Å². The van der Waals surface area contributed by atoms with Gasteiger partial charge in [-0.3, -0.25) is 14.3 Å². The Morgan fingerprint density at radius 2 is 1.81 bits per heavy atom. The Morgan fingerprint density at radius 3 is 2.55 bits per heavy atom. The van der Waals surface area contributed by atoms with Crippen LogP contribution >= 0.6 is 0 Å². The molecule has 4 heterocycles. The highest BCUT2D eigenvalue weighted by molar-refractivity contribution is 5.84. The van der Waals surface area contributed by atoms with Gasteiger partial charge >= 0.3 is 6.09 Å². The first kappa shape index (κ1) is 27.9. The van der Waals surface area contributed by atoms with Crippen LogP contribution in [-0.2, 0) is 24.8 Å². The number of amides is 1. The number of benzene rings is 1. The van der Waals surface area contributed by atoms with E-state index < -0.39 is 5.60 Å². The number of piperazine rings is 1. The maximum absolute atomic E-state index is 12.3. The lowest BCUT2D eigenvalue weighted by molar-refractivity contribution is 0.0142. The van der Waals surface area contributed by atoms with E-state index in [4.69, 9.17) is 19.9 Å². The summed E-state index contributed by atoms with van der Waals surface area (Å²) in [5.74, 6) is 1.49. The van der Waals surface area contributed by atoms with Gasteiger partial charge in [0.15, 0.2) is 5.82 Å². The van der Waals surface area contributed by atoms with Crippen molar-refractivity contribution in [3.05, 3.63) is 60.0 Å². The molecule has 1 amide bonds. The molecular formula is C31H39N9O2. The normalized spacial score (nSPS) is 17.1. The van der Waals surface area contributed by atoms with Crippen LogP contribution in [0.25, 0.3) is 22.5 Å². The van der Waals surface area contributed by atoms with Crippen LogP contribution in [-0.4, -0.2) is 83.7 Å². The SMILES string of the molecule is CC1Cc2nn(C)c(-c3ccccc3)c2-c2nc(Nc3ccn(CCN4CCN(C(=O)OC(C)(C)C)CC4)n3)ncc21. The topological polar surface area (TPSA) is 106 Å². The molecular weight excluding hydrogens is 530 g/mol. The van der Waals surface area contributed by atoms with Gasteiger partial charge in [0.25, 0.3) is 0 Å². The summed E-state index contributed by atoms with van der Waals surface area (Å²) >= 11 is 0. The number of ether oxygens (including phenoxy) is 1. The van der Waals surface area contributed by atoms with Gasteiger partial charge < -0.3 is 15.0 Å². The highest BCUT2D eigenvalue weighted by atomic mass is 16.6. The molecule has 1 aliphatic carbocycles. The molecule has 0 spiro atoms. The van der Waals surface area contributed by atoms with Gasteiger partial charge in [-0.15, -0.1) is 0 Å². The highest BCUT2D eigenvalue weighted by Gasteiger charge is 2.31. The maximum atomic E-state index is 12.3. The minimum absolute atomic E-state index is 0.236. The summed E-state index contributed by atoms with van der Waals surface area (Å²) in [5, 5.41) is 12.9. The molecule has 1 aromatic carbocycles. The Morgan fingerprint density at radius 1 is 1.05 bits per heavy atom. The van der Waals surface area contributed by atoms with Crippen LogP contribution in [0.1, 0.15) is 44.9 Å². The number of aryl methyl sites for hydroxylation is 1. The van der Waals surface area contributed by atoms with Gasteiger partial charge in [-0.05, 0) is 33.1 Å². The standard InChI is InChI=1S/C31H39N9O2/c1-21-19-24-26(28(37(5)35-24)22-9-7-6-8-10-22)27-23(21)20-32-29(34-27)33-25-11-12-40(36-25)18-15-38-13-16-39(17-14-38)30(41)42-31(2,3)4/h6-12,20-21H,13-19H2,1-5H3,(H,32,33,34,36). The molecule has 1 atom stereocenters. The predicted octanol–water partition coefficient (Wildman–Crippen LogP) is 4.70. The van der Waals surface area contributed by atoms with Crippen molar-refractivity contribution in [3.63, 3.8) is 0 Å². The van der Waals surface area contributed by atoms with Gasteiger partial charge in [0, 0.05) is 74.9 Å². The van der Waals surface area contributed by atoms with E-state index in [1.54, 1.807) is 4.90 Å². The molecule has 220 valence electrons. The molecule has 6 rings (SSSR count). The van der Waals surface area contributed by atoms with Crippen molar-refractivity contribution in [3.8, 4) is 22.5 Å². The van der Waals surface area contributed by atoms with Crippen LogP contribution in [0.5, 0.6) is 0 Å². The number of hydrogen-bond acceptors (Lipinski definition) is 8. The molecule has 0 bridgehead atoms. The fourth-order valence-electron chi connectivity index (χ4n) is 5.70. The van der Waals surface area contributed by atoms with Crippen LogP contribution in [0.3, 0.4) is 0 Å². The molecule has 0 saturated carbocycles. The van der Waals surface area contributed by atoms with E-state index in [0.717, 1.165) is 66.4 Å². The van der Waals surface area contributed by atoms with Crippen molar-refractivity contribution in [2.75, 3.05) is 38.0 Å². The average Bonchev–Trinajstić information content (AvgIpc) is 3.54. The second-order valence-electron chi connectivity index (χ2n) is 12.2. The Balaban J connectivity index is 1.11. The van der Waals surface area contributed by atoms with Crippen molar-refractivity contribution >= 4 is 17.9 Å². The fourth-order valence-corrected chi connectivity index (χ4v) is 5.70. The van der Waals surface area contributed by atoms with Crippen molar-refractivity contribution in [1.82, 2.24) is 39.3 Å². The molecule has 3 aromatic heterocycles. The molecule has 1 saturated heterocycles. The lowest BCUT2D eigenvalue weighted by atomic mass is 9.85. The zero-order valence-corrected chi connectivity index (χ0v) is 25.0. The van der Waals surface area contributed by atoms with Crippen molar-refractivity contribution in [2.24, 2.45) is 7.05 Å². The zero-order valence-electron chi connectivity index (χ0n) is 25.0. The predicted molar refractivity (Wildman–Crippen MR) is 162 cm³/mol. The summed E-state index contributed by atoms with van der Waals surface area (Å²) in [7, 11) is 2.00. The number of carbonyl (C=O) groups is 1. The van der Waals surface area contributed by atoms with Gasteiger partial charge in [0.1, 0.15) is 5.60 Å². The van der Waals surface area contributed by atoms with Crippen molar-refractivity contribution < 1.29 is 9.53 Å². The molecule has 1 N–H and O–H groups in total. The van der Waals surface area contributed by atoms with Crippen LogP contribution in [0.15, 0.2) is 48.8 Å². The third-order valence-electron chi connectivity index (χ3n) is 7.80. The van der Waals surface area contributed by atoms with Gasteiger partial charge in [0.05, 0.1) is 23.6 Å². The maximum Gasteiger partial charge on any atom is 0.410 e. The fraction of sp³-hybridized carbons (Fsp3) is 0.452. The largest absolute Gasteiger partial charge is 0.444 e. The van der Waals surface area contributed by atoms with Gasteiger partial charge in [-0.25, -0.2) is 14.8 Å². The summed E-state index contributed by atoms with van der Waals surface area (Å²) in [6.07, 6.45) is 4.53. The van der Waals surface area contributed by atoms with E-state index in [2.05, 4.69) is 34.3 Å². The first-order valence-corrected chi connectivity index (χ1v) is 14.6. The molecule has 1 fully saturated rings. The molecule has 1 aliphatic heterocycles. The van der Waals surface area contributed by atoms with E-state index >= 15 is 0 Å². The van der Waals surface area contributed by atoms with Crippen molar-refractivity contribution in [1.29, 1.82) is 0 Å². The average molecular weight is 570 g/mol. The van der Waals surface area contributed by atoms with Crippen LogP contribution in [0, 0.1) is 0 Å². The quantitative estimate of drug-likeness (QED) is 0.356. The number of hydrogen-bond donors (Lipinski definition) is 1. The lowest BCUT2D eigenvalue weighted by Gasteiger charge is -2.35. The Bertz CT molecular complexity index is 1560. The summed E-state index contributed by atoms with van der Waals surface area (Å²) < 4.78 is 9.40. The number of nitrogens with zero attached hydrogens (tertiary/aromatic N) is 8. The summed E-state index contributed by atoms with van der Waals surface area (Å²) in [4.78, 5) is 26.1. The number of nitrogens with one attached hydrogen (secondary N) is 1. The van der Waals surface area contributed by atoms with Crippen LogP contribution in [0.4, 0.5) is 16.6 Å². The molecule has 2 aliphatic rings. The number of rotatable bonds is 6. The first-order chi connectivity index (χ1) is 20.1. The first-order valence-electron chi connectivity index (χ1n) is 14.6. The summed E-state index contributed by atoms with van der Waals surface area (Å²) in [5.41, 5.74) is 5.92. The Labute approximate surface area is 246 Å². The third kappa shape index (κ3) is 5.87. The van der Waals surface area contributed by atoms with Crippen LogP contribution in [0.2, 0.25) is 0 Å². The number of fused-ring (bicyclic) bond motifs is 3. The van der Waals surface area contributed by atoms with E-state index in [-0.39, 0.29) is 12.0 Å². The lowest BCUT2D eigenvalue weighted by Crippen LogP contribution is -2.50. The number of aromatic nitrogens is 6. The molecule has 0 radical (unpaired) electrons. The van der Waals surface area contributed by atoms with E-state index in [0.29, 0.717) is 24.9 Å². The summed E-state index contributed by atoms with van der Waals surface area (Å²) in [6.45, 7) is 12.4. The Kier molecular flexibility index (Phi) is 7.44. The molecule has 42 heavy (non-hydrogen) atoms. The highest BCUT2D eigenvalue weighted by Crippen LogP contribution is 2.43. The third-order valence-corrected chi connectivity index (χ3v) is 7.80. The van der Waals surface area contributed by atoms with Gasteiger partial charge in [-0.2, -0.15) is 10.2 Å². The zero-order chi connectivity index (χ0) is 29.4. The van der Waals surface area contributed by atoms with E-state index in [9.17, 15) is 4.79 Å². The number of anilines is 2. The molecule has 4 aromatic rings. The smallest absolute Gasteiger partial charge is 0.410 e. The summed E-state index contributed by atoms with van der Waals surface area (Å²) in [6, 6.07) is 12.3. The van der Waals surface area contributed by atoms with Gasteiger partial charge in [-0.1, -0.05) is 37.3 Å². The van der Waals surface area contributed by atoms with E-state index in [1.807, 2.05) is 73.8 Å². The Hall–Kier alpha value is -4.25. The second-order valence-corrected chi connectivity index (χ2v) is 12.2. The minimum atomic E-state index is -0.477. The number of carbonyl (C=O) groups excluding carboxylic acids is 1. The minimum Gasteiger partial charge on any atom is -0.444 e. The monoisotopic (exact) mass is 569 g/mol. The van der Waals surface area contributed by atoms with Crippen LogP contribution < -0.4 is 5.32 Å². The second kappa shape index (κ2) is 11.2. The molecule has 11 heteroatoms. The molecule has 11 nitrogen and oxygen atoms in total. The molecule has 1 unspecified atom stereocenters. The van der Waals surface area contributed by atoms with Gasteiger partial charge in [0.2, 0.25) is 5.95 Å². The van der Waals surface area contributed by atoms with E-state index in [1.165, 1.54) is 0 Å².